The highest BCUT2D eigenvalue weighted by Gasteiger charge is 2.08. The van der Waals surface area contributed by atoms with E-state index in [0.29, 0.717) is 31.2 Å². The van der Waals surface area contributed by atoms with Gasteiger partial charge in [-0.15, -0.1) is 0 Å². The lowest BCUT2D eigenvalue weighted by Gasteiger charge is -2.12. The van der Waals surface area contributed by atoms with E-state index in [9.17, 15) is 9.59 Å². The van der Waals surface area contributed by atoms with Crippen LogP contribution >= 0.6 is 0 Å². The Morgan fingerprint density at radius 2 is 1.82 bits per heavy atom. The molecule has 4 heteroatoms. The summed E-state index contributed by atoms with van der Waals surface area (Å²) in [5.74, 6) is 0.122. The molecule has 0 saturated carbocycles. The number of aliphatic carboxylic acids is 1. The third-order valence-corrected chi connectivity index (χ3v) is 3.04. The number of amides is 1. The third kappa shape index (κ3) is 9.85. The molecular formula is C13H25NO3. The van der Waals surface area contributed by atoms with E-state index in [1.807, 2.05) is 6.92 Å². The van der Waals surface area contributed by atoms with E-state index in [2.05, 4.69) is 19.2 Å². The summed E-state index contributed by atoms with van der Waals surface area (Å²) in [7, 11) is 0. The van der Waals surface area contributed by atoms with Gasteiger partial charge in [-0.1, -0.05) is 27.2 Å². The summed E-state index contributed by atoms with van der Waals surface area (Å²) in [5, 5.41) is 11.4. The van der Waals surface area contributed by atoms with Crippen molar-refractivity contribution in [2.24, 2.45) is 11.8 Å². The van der Waals surface area contributed by atoms with E-state index in [4.69, 9.17) is 5.11 Å². The van der Waals surface area contributed by atoms with Crippen molar-refractivity contribution in [3.8, 4) is 0 Å². The van der Waals surface area contributed by atoms with Crippen molar-refractivity contribution in [2.45, 2.75) is 52.9 Å². The van der Waals surface area contributed by atoms with Crippen molar-refractivity contribution in [3.63, 3.8) is 0 Å². The number of rotatable bonds is 9. The fraction of sp³-hybridized carbons (Fsp3) is 0.846. The first-order valence-electron chi connectivity index (χ1n) is 6.44. The summed E-state index contributed by atoms with van der Waals surface area (Å²) < 4.78 is 0. The van der Waals surface area contributed by atoms with E-state index in [1.165, 1.54) is 0 Å². The Hall–Kier alpha value is -1.06. The minimum atomic E-state index is -0.752. The van der Waals surface area contributed by atoms with Gasteiger partial charge in [-0.3, -0.25) is 9.59 Å². The van der Waals surface area contributed by atoms with Crippen molar-refractivity contribution >= 4 is 11.9 Å². The highest BCUT2D eigenvalue weighted by atomic mass is 16.4. The van der Waals surface area contributed by atoms with Gasteiger partial charge in [-0.05, 0) is 24.7 Å². The molecule has 0 rings (SSSR count). The van der Waals surface area contributed by atoms with Crippen molar-refractivity contribution in [3.05, 3.63) is 0 Å². The number of carbonyl (C=O) groups is 2. The molecule has 0 aliphatic heterocycles. The van der Waals surface area contributed by atoms with Gasteiger partial charge < -0.3 is 10.4 Å². The molecule has 2 atom stereocenters. The standard InChI is InChI=1S/C13H25NO3/c1-4-10(2)9-12(15)14-8-7-11(3)5-6-13(16)17/h10-11H,4-9H2,1-3H3,(H,14,15)(H,16,17). The van der Waals surface area contributed by atoms with Gasteiger partial charge in [0.1, 0.15) is 0 Å². The second kappa shape index (κ2) is 9.02. The number of carboxylic acids is 1. The predicted octanol–water partition coefficient (Wildman–Crippen LogP) is 2.43. The van der Waals surface area contributed by atoms with Crippen LogP contribution in [0.1, 0.15) is 52.9 Å². The summed E-state index contributed by atoms with van der Waals surface area (Å²) >= 11 is 0. The second-order valence-electron chi connectivity index (χ2n) is 4.89. The van der Waals surface area contributed by atoms with Crippen molar-refractivity contribution in [1.29, 1.82) is 0 Å². The van der Waals surface area contributed by atoms with Gasteiger partial charge in [-0.2, -0.15) is 0 Å². The SMILES string of the molecule is CCC(C)CC(=O)NCCC(C)CCC(=O)O. The largest absolute Gasteiger partial charge is 0.481 e. The Morgan fingerprint density at radius 1 is 1.18 bits per heavy atom. The molecule has 0 aromatic carbocycles. The fourth-order valence-electron chi connectivity index (χ4n) is 1.51. The average molecular weight is 243 g/mol. The lowest BCUT2D eigenvalue weighted by Crippen LogP contribution is -2.27. The highest BCUT2D eigenvalue weighted by molar-refractivity contribution is 5.76. The molecule has 0 aromatic heterocycles. The van der Waals surface area contributed by atoms with Crippen molar-refractivity contribution in [2.75, 3.05) is 6.54 Å². The monoisotopic (exact) mass is 243 g/mol. The van der Waals surface area contributed by atoms with E-state index >= 15 is 0 Å². The second-order valence-corrected chi connectivity index (χ2v) is 4.89. The van der Waals surface area contributed by atoms with Crippen LogP contribution in [0.3, 0.4) is 0 Å². The summed E-state index contributed by atoms with van der Waals surface area (Å²) in [6.07, 6.45) is 3.33. The summed E-state index contributed by atoms with van der Waals surface area (Å²) in [5.41, 5.74) is 0. The van der Waals surface area contributed by atoms with Crippen LogP contribution in [0.5, 0.6) is 0 Å². The molecule has 0 spiro atoms. The maximum atomic E-state index is 11.5. The Bertz CT molecular complexity index is 241. The molecule has 2 unspecified atom stereocenters. The molecule has 1 amide bonds. The normalized spacial score (nSPS) is 14.1. The maximum Gasteiger partial charge on any atom is 0.303 e. The molecule has 4 nitrogen and oxygen atoms in total. The molecule has 0 saturated heterocycles. The molecule has 0 bridgehead atoms. The molecule has 0 radical (unpaired) electrons. The molecule has 0 fully saturated rings. The van der Waals surface area contributed by atoms with E-state index < -0.39 is 5.97 Å². The van der Waals surface area contributed by atoms with Gasteiger partial charge in [0.05, 0.1) is 0 Å². The average Bonchev–Trinajstić information content (AvgIpc) is 2.26. The van der Waals surface area contributed by atoms with E-state index in [1.54, 1.807) is 0 Å². The van der Waals surface area contributed by atoms with Gasteiger partial charge in [0.2, 0.25) is 5.91 Å². The molecule has 2 N–H and O–H groups in total. The first-order chi connectivity index (χ1) is 7.95. The van der Waals surface area contributed by atoms with Gasteiger partial charge in [0, 0.05) is 19.4 Å². The summed E-state index contributed by atoms with van der Waals surface area (Å²) in [6.45, 7) is 6.81. The first-order valence-corrected chi connectivity index (χ1v) is 6.44. The Balaban J connectivity index is 3.55. The molecular weight excluding hydrogens is 218 g/mol. The van der Waals surface area contributed by atoms with Crippen molar-refractivity contribution < 1.29 is 14.7 Å². The van der Waals surface area contributed by atoms with Crippen LogP contribution in [0.15, 0.2) is 0 Å². The van der Waals surface area contributed by atoms with E-state index in [-0.39, 0.29) is 12.3 Å². The number of hydrogen-bond donors (Lipinski definition) is 2. The van der Waals surface area contributed by atoms with Crippen LogP contribution in [0, 0.1) is 11.8 Å². The summed E-state index contributed by atoms with van der Waals surface area (Å²) in [6, 6.07) is 0. The van der Waals surface area contributed by atoms with E-state index in [0.717, 1.165) is 12.8 Å². The fourth-order valence-corrected chi connectivity index (χ4v) is 1.51. The minimum absolute atomic E-state index is 0.102. The zero-order valence-electron chi connectivity index (χ0n) is 11.2. The smallest absolute Gasteiger partial charge is 0.303 e. The Morgan fingerprint density at radius 3 is 2.35 bits per heavy atom. The topological polar surface area (TPSA) is 66.4 Å². The van der Waals surface area contributed by atoms with Gasteiger partial charge in [0.15, 0.2) is 0 Å². The number of hydrogen-bond acceptors (Lipinski definition) is 2. The number of nitrogens with one attached hydrogen (secondary N) is 1. The van der Waals surface area contributed by atoms with Crippen LogP contribution in [0.2, 0.25) is 0 Å². The molecule has 0 heterocycles. The Labute approximate surface area is 104 Å². The van der Waals surface area contributed by atoms with Crippen LogP contribution in [0.4, 0.5) is 0 Å². The zero-order valence-corrected chi connectivity index (χ0v) is 11.2. The Kier molecular flexibility index (Phi) is 8.46. The van der Waals surface area contributed by atoms with Crippen LogP contribution in [-0.4, -0.2) is 23.5 Å². The molecule has 0 aliphatic rings. The maximum absolute atomic E-state index is 11.5. The number of carboxylic acid groups (broad SMARTS) is 1. The third-order valence-electron chi connectivity index (χ3n) is 3.04. The van der Waals surface area contributed by atoms with Gasteiger partial charge >= 0.3 is 5.97 Å². The zero-order chi connectivity index (χ0) is 13.3. The quantitative estimate of drug-likeness (QED) is 0.653. The molecule has 100 valence electrons. The summed E-state index contributed by atoms with van der Waals surface area (Å²) in [4.78, 5) is 21.8. The molecule has 0 aliphatic carbocycles. The van der Waals surface area contributed by atoms with Crippen LogP contribution < -0.4 is 5.32 Å². The van der Waals surface area contributed by atoms with Gasteiger partial charge in [-0.25, -0.2) is 0 Å². The molecule has 0 aromatic rings. The van der Waals surface area contributed by atoms with Crippen LogP contribution in [0.25, 0.3) is 0 Å². The molecule has 17 heavy (non-hydrogen) atoms. The van der Waals surface area contributed by atoms with Crippen LogP contribution in [-0.2, 0) is 9.59 Å². The predicted molar refractivity (Wildman–Crippen MR) is 67.7 cm³/mol. The lowest BCUT2D eigenvalue weighted by atomic mass is 10.0. The number of carbonyl (C=O) groups excluding carboxylic acids is 1. The highest BCUT2D eigenvalue weighted by Crippen LogP contribution is 2.10. The minimum Gasteiger partial charge on any atom is -0.481 e. The first kappa shape index (κ1) is 15.9. The van der Waals surface area contributed by atoms with Gasteiger partial charge in [0.25, 0.3) is 0 Å². The van der Waals surface area contributed by atoms with Crippen molar-refractivity contribution in [1.82, 2.24) is 5.32 Å². The lowest BCUT2D eigenvalue weighted by molar-refractivity contribution is -0.137.